The first-order valence-corrected chi connectivity index (χ1v) is 11.2. The van der Waals surface area contributed by atoms with Gasteiger partial charge in [0, 0.05) is 25.2 Å². The van der Waals surface area contributed by atoms with Crippen molar-refractivity contribution in [1.82, 2.24) is 14.9 Å². The average molecular weight is 407 g/mol. The average Bonchev–Trinajstić information content (AvgIpc) is 3.01. The van der Waals surface area contributed by atoms with Crippen LogP contribution in [0.2, 0.25) is 0 Å². The second-order valence-electron chi connectivity index (χ2n) is 7.70. The van der Waals surface area contributed by atoms with Gasteiger partial charge in [-0.2, -0.15) is 0 Å². The summed E-state index contributed by atoms with van der Waals surface area (Å²) in [5, 5.41) is 2.18. The minimum Gasteiger partial charge on any atom is -0.379 e. The highest BCUT2D eigenvalue weighted by Crippen LogP contribution is 2.34. The van der Waals surface area contributed by atoms with Gasteiger partial charge in [-0.1, -0.05) is 19.3 Å². The van der Waals surface area contributed by atoms with Crippen molar-refractivity contribution in [1.29, 1.82) is 0 Å². The Labute approximate surface area is 164 Å². The topological polar surface area (TPSA) is 105 Å². The highest BCUT2D eigenvalue weighted by atomic mass is 32.2. The Kier molecular flexibility index (Phi) is 5.26. The van der Waals surface area contributed by atoms with E-state index in [1.807, 2.05) is 0 Å². The Bertz CT molecular complexity index is 887. The third-order valence-corrected chi connectivity index (χ3v) is 7.47. The lowest BCUT2D eigenvalue weighted by atomic mass is 9.80. The highest BCUT2D eigenvalue weighted by Gasteiger charge is 2.39. The predicted molar refractivity (Wildman–Crippen MR) is 102 cm³/mol. The number of nitrogens with zero attached hydrogens (tertiary/aromatic N) is 1. The number of hydrogen-bond acceptors (Lipinski definition) is 6. The fraction of sp³-hybridized carbons (Fsp3) is 0.579. The Morgan fingerprint density at radius 1 is 1.04 bits per heavy atom. The van der Waals surface area contributed by atoms with E-state index in [1.165, 1.54) is 24.6 Å². The molecule has 2 amide bonds. The number of nitrogens with one attached hydrogen (secondary N) is 2. The minimum absolute atomic E-state index is 0.00374. The smallest absolute Gasteiger partial charge is 0.258 e. The number of hydrogen-bond donors (Lipinski definition) is 2. The number of imide groups is 1. The standard InChI is InChI=1S/C19H25N3O5S/c23-17-15-5-4-14(12-16(15)18(24)21-17)28(25,26)20-13-19(6-2-1-3-7-19)22-8-10-27-11-9-22/h4-5,12,20H,1-3,6-11,13H2,(H,21,23,24). The maximum Gasteiger partial charge on any atom is 0.258 e. The zero-order valence-electron chi connectivity index (χ0n) is 15.7. The molecule has 0 aromatic heterocycles. The summed E-state index contributed by atoms with van der Waals surface area (Å²) < 4.78 is 34.1. The summed E-state index contributed by atoms with van der Waals surface area (Å²) in [5.41, 5.74) is 0.119. The Morgan fingerprint density at radius 2 is 1.71 bits per heavy atom. The van der Waals surface area contributed by atoms with E-state index in [2.05, 4.69) is 14.9 Å². The highest BCUT2D eigenvalue weighted by molar-refractivity contribution is 7.89. The van der Waals surface area contributed by atoms with Gasteiger partial charge in [0.05, 0.1) is 29.2 Å². The van der Waals surface area contributed by atoms with Crippen molar-refractivity contribution in [2.75, 3.05) is 32.8 Å². The maximum atomic E-state index is 12.9. The van der Waals surface area contributed by atoms with Crippen molar-refractivity contribution in [3.05, 3.63) is 29.3 Å². The Hall–Kier alpha value is -1.81. The number of amides is 2. The fourth-order valence-corrected chi connectivity index (χ4v) is 5.62. The SMILES string of the molecule is O=C1NC(=O)c2cc(S(=O)(=O)NCC3(N4CCOCC4)CCCCC3)ccc21. The van der Waals surface area contributed by atoms with Crippen molar-refractivity contribution < 1.29 is 22.7 Å². The van der Waals surface area contributed by atoms with Crippen molar-refractivity contribution in [3.8, 4) is 0 Å². The zero-order chi connectivity index (χ0) is 19.8. The van der Waals surface area contributed by atoms with Crippen LogP contribution in [0.4, 0.5) is 0 Å². The number of morpholine rings is 1. The number of sulfonamides is 1. The predicted octanol–water partition coefficient (Wildman–Crippen LogP) is 0.884. The summed E-state index contributed by atoms with van der Waals surface area (Å²) >= 11 is 0. The largest absolute Gasteiger partial charge is 0.379 e. The van der Waals surface area contributed by atoms with E-state index in [-0.39, 0.29) is 21.6 Å². The van der Waals surface area contributed by atoms with Crippen LogP contribution < -0.4 is 10.0 Å². The molecule has 0 radical (unpaired) electrons. The lowest BCUT2D eigenvalue weighted by molar-refractivity contribution is -0.0348. The van der Waals surface area contributed by atoms with E-state index >= 15 is 0 Å². The van der Waals surface area contributed by atoms with Crippen LogP contribution in [0.25, 0.3) is 0 Å². The summed E-state index contributed by atoms with van der Waals surface area (Å²) in [4.78, 5) is 25.9. The summed E-state index contributed by atoms with van der Waals surface area (Å²) in [6.45, 7) is 3.29. The molecular formula is C19H25N3O5S. The van der Waals surface area contributed by atoms with Crippen LogP contribution in [0, 0.1) is 0 Å². The zero-order valence-corrected chi connectivity index (χ0v) is 16.5. The van der Waals surface area contributed by atoms with Crippen molar-refractivity contribution in [2.24, 2.45) is 0 Å². The first kappa shape index (κ1) is 19.5. The lowest BCUT2D eigenvalue weighted by Crippen LogP contribution is -2.59. The van der Waals surface area contributed by atoms with E-state index in [1.54, 1.807) is 0 Å². The second kappa shape index (κ2) is 7.55. The third kappa shape index (κ3) is 3.59. The third-order valence-electron chi connectivity index (χ3n) is 6.08. The fourth-order valence-electron chi connectivity index (χ4n) is 4.48. The van der Waals surface area contributed by atoms with E-state index in [9.17, 15) is 18.0 Å². The van der Waals surface area contributed by atoms with E-state index < -0.39 is 21.8 Å². The van der Waals surface area contributed by atoms with Crippen molar-refractivity contribution in [3.63, 3.8) is 0 Å². The number of carbonyl (C=O) groups is 2. The number of carbonyl (C=O) groups excluding carboxylic acids is 2. The number of fused-ring (bicyclic) bond motifs is 1. The first-order valence-electron chi connectivity index (χ1n) is 9.74. The lowest BCUT2D eigenvalue weighted by Gasteiger charge is -2.48. The molecule has 1 saturated carbocycles. The van der Waals surface area contributed by atoms with Gasteiger partial charge in [0.15, 0.2) is 0 Å². The van der Waals surface area contributed by atoms with E-state index in [0.29, 0.717) is 19.8 Å². The molecule has 8 nitrogen and oxygen atoms in total. The van der Waals surface area contributed by atoms with Gasteiger partial charge >= 0.3 is 0 Å². The van der Waals surface area contributed by atoms with Crippen molar-refractivity contribution >= 4 is 21.8 Å². The van der Waals surface area contributed by atoms with Crippen LogP contribution in [-0.4, -0.2) is 63.5 Å². The maximum absolute atomic E-state index is 12.9. The van der Waals surface area contributed by atoms with Crippen LogP contribution in [0.1, 0.15) is 52.8 Å². The van der Waals surface area contributed by atoms with Gasteiger partial charge in [-0.15, -0.1) is 0 Å². The normalized spacial score (nSPS) is 22.7. The van der Waals surface area contributed by atoms with Gasteiger partial charge < -0.3 is 4.74 Å². The molecule has 0 unspecified atom stereocenters. The summed E-state index contributed by atoms with van der Waals surface area (Å²) in [6, 6.07) is 4.05. The molecule has 1 aromatic rings. The van der Waals surface area contributed by atoms with E-state index in [0.717, 1.165) is 38.8 Å². The summed E-state index contributed by atoms with van der Waals surface area (Å²) in [6.07, 6.45) is 5.25. The molecule has 9 heteroatoms. The van der Waals surface area contributed by atoms with Gasteiger partial charge in [-0.25, -0.2) is 13.1 Å². The molecule has 0 bridgehead atoms. The summed E-state index contributed by atoms with van der Waals surface area (Å²) in [5.74, 6) is -1.06. The molecule has 2 fully saturated rings. The Morgan fingerprint density at radius 3 is 2.43 bits per heavy atom. The molecule has 1 saturated heterocycles. The van der Waals surface area contributed by atoms with Crippen molar-refractivity contribution in [2.45, 2.75) is 42.5 Å². The molecule has 28 heavy (non-hydrogen) atoms. The number of benzene rings is 1. The first-order chi connectivity index (χ1) is 13.4. The molecule has 2 N–H and O–H groups in total. The van der Waals surface area contributed by atoms with E-state index in [4.69, 9.17) is 4.74 Å². The summed E-state index contributed by atoms with van der Waals surface area (Å²) in [7, 11) is -3.80. The van der Waals surface area contributed by atoms with Crippen LogP contribution in [0.15, 0.2) is 23.1 Å². The number of ether oxygens (including phenoxy) is 1. The quantitative estimate of drug-likeness (QED) is 0.703. The molecule has 4 rings (SSSR count). The Balaban J connectivity index is 1.54. The monoisotopic (exact) mass is 407 g/mol. The van der Waals surface area contributed by atoms with Gasteiger partial charge in [-0.05, 0) is 31.0 Å². The molecule has 152 valence electrons. The second-order valence-corrected chi connectivity index (χ2v) is 9.47. The van der Waals surface area contributed by atoms with Gasteiger partial charge in [0.2, 0.25) is 10.0 Å². The molecule has 3 aliphatic rings. The minimum atomic E-state index is -3.80. The molecule has 0 atom stereocenters. The van der Waals surface area contributed by atoms with Crippen LogP contribution >= 0.6 is 0 Å². The van der Waals surface area contributed by atoms with Gasteiger partial charge in [-0.3, -0.25) is 19.8 Å². The molecule has 2 aliphatic heterocycles. The van der Waals surface area contributed by atoms with Crippen LogP contribution in [-0.2, 0) is 14.8 Å². The molecule has 1 aromatic carbocycles. The van der Waals surface area contributed by atoms with Gasteiger partial charge in [0.1, 0.15) is 0 Å². The number of rotatable bonds is 5. The molecule has 0 spiro atoms. The van der Waals surface area contributed by atoms with Crippen LogP contribution in [0.3, 0.4) is 0 Å². The van der Waals surface area contributed by atoms with Crippen LogP contribution in [0.5, 0.6) is 0 Å². The molecule has 1 aliphatic carbocycles. The molecule has 2 heterocycles. The molecular weight excluding hydrogens is 382 g/mol. The van der Waals surface area contributed by atoms with Gasteiger partial charge in [0.25, 0.3) is 11.8 Å².